The summed E-state index contributed by atoms with van der Waals surface area (Å²) in [5.41, 5.74) is 18.5. The number of nitrogens with two attached hydrogens (primary N) is 3. The summed E-state index contributed by atoms with van der Waals surface area (Å²) in [6, 6.07) is 13.2. The van der Waals surface area contributed by atoms with E-state index in [9.17, 15) is 19.2 Å². The maximum atomic E-state index is 13.9. The van der Waals surface area contributed by atoms with Gasteiger partial charge in [-0.25, -0.2) is 0 Å². The van der Waals surface area contributed by atoms with Gasteiger partial charge in [0.05, 0.1) is 0 Å². The highest BCUT2D eigenvalue weighted by atomic mass is 32.1. The molecule has 0 aliphatic heterocycles. The van der Waals surface area contributed by atoms with E-state index in [1.165, 1.54) is 11.8 Å². The van der Waals surface area contributed by atoms with Gasteiger partial charge in [-0.05, 0) is 36.6 Å². The van der Waals surface area contributed by atoms with E-state index in [-0.39, 0.29) is 37.0 Å². The van der Waals surface area contributed by atoms with Crippen molar-refractivity contribution in [2.24, 2.45) is 22.2 Å². The second-order valence-corrected chi connectivity index (χ2v) is 9.83. The van der Waals surface area contributed by atoms with Crippen LogP contribution in [0.4, 0.5) is 5.69 Å². The summed E-state index contributed by atoms with van der Waals surface area (Å²) in [6.07, 6.45) is 2.46. The van der Waals surface area contributed by atoms with Crippen molar-refractivity contribution in [1.82, 2.24) is 15.6 Å². The molecule has 13 heteroatoms. The molecular formula is C28H36N8O4S. The minimum atomic E-state index is -1.10. The summed E-state index contributed by atoms with van der Waals surface area (Å²) in [5.74, 6) is -2.39. The van der Waals surface area contributed by atoms with Gasteiger partial charge in [0.25, 0.3) is 0 Å². The normalized spacial score (nSPS) is 13.0. The number of carbonyl (C=O) groups is 4. The number of hydrogen-bond acceptors (Lipinski definition) is 6. The molecule has 0 spiro atoms. The van der Waals surface area contributed by atoms with Gasteiger partial charge in [0.2, 0.25) is 23.6 Å². The largest absolute Gasteiger partial charge is 0.370 e. The number of anilines is 1. The third-order valence-corrected chi connectivity index (χ3v) is 6.86. The fourth-order valence-corrected chi connectivity index (χ4v) is 4.79. The monoisotopic (exact) mass is 580 g/mol. The number of fused-ring (bicyclic) bond motifs is 1. The van der Waals surface area contributed by atoms with Crippen LogP contribution in [-0.2, 0) is 25.6 Å². The zero-order chi connectivity index (χ0) is 29.9. The number of H-pyrrole nitrogens is 1. The van der Waals surface area contributed by atoms with E-state index in [1.807, 2.05) is 24.3 Å². The van der Waals surface area contributed by atoms with E-state index in [4.69, 9.17) is 17.2 Å². The Kier molecular flexibility index (Phi) is 11.2. The van der Waals surface area contributed by atoms with Crippen molar-refractivity contribution in [2.45, 2.75) is 44.3 Å². The third-order valence-electron chi connectivity index (χ3n) is 6.49. The van der Waals surface area contributed by atoms with Gasteiger partial charge >= 0.3 is 0 Å². The number of rotatable bonds is 14. The Morgan fingerprint density at radius 3 is 2.24 bits per heavy atom. The summed E-state index contributed by atoms with van der Waals surface area (Å²) in [5, 5.41) is 6.28. The van der Waals surface area contributed by atoms with E-state index in [0.29, 0.717) is 12.1 Å². The molecule has 3 rings (SSSR count). The minimum absolute atomic E-state index is 0.0195. The smallest absolute Gasteiger partial charge is 0.243 e. The average Bonchev–Trinajstić information content (AvgIpc) is 3.35. The quantitative estimate of drug-likeness (QED) is 0.0628. The fourth-order valence-electron chi connectivity index (χ4n) is 4.52. The number of hydrogen-bond donors (Lipinski definition) is 7. The van der Waals surface area contributed by atoms with Gasteiger partial charge < -0.3 is 37.7 Å². The number of benzene rings is 2. The van der Waals surface area contributed by atoms with E-state index in [0.717, 1.165) is 16.5 Å². The summed E-state index contributed by atoms with van der Waals surface area (Å²) in [4.78, 5) is 60.5. The van der Waals surface area contributed by atoms with Crippen LogP contribution in [0.15, 0.2) is 65.8 Å². The number of thiol groups is 1. The molecule has 0 saturated heterocycles. The lowest BCUT2D eigenvalue weighted by molar-refractivity contribution is -0.132. The Balaban J connectivity index is 1.95. The molecule has 0 unspecified atom stereocenters. The first-order valence-corrected chi connectivity index (χ1v) is 13.7. The first-order chi connectivity index (χ1) is 19.6. The second-order valence-electron chi connectivity index (χ2n) is 9.46. The van der Waals surface area contributed by atoms with Crippen molar-refractivity contribution in [3.05, 3.63) is 66.4 Å². The highest BCUT2D eigenvalue weighted by Gasteiger charge is 2.33. The van der Waals surface area contributed by atoms with Crippen LogP contribution in [0.5, 0.6) is 0 Å². The Morgan fingerprint density at radius 1 is 0.951 bits per heavy atom. The van der Waals surface area contributed by atoms with Crippen molar-refractivity contribution >= 4 is 58.8 Å². The summed E-state index contributed by atoms with van der Waals surface area (Å²) >= 11 is 4.11. The first kappa shape index (κ1) is 31.0. The van der Waals surface area contributed by atoms with Gasteiger partial charge in [-0.1, -0.05) is 36.4 Å². The van der Waals surface area contributed by atoms with Gasteiger partial charge in [-0.3, -0.25) is 24.2 Å². The number of para-hydroxylation sites is 2. The number of nitrogens with zero attached hydrogens (tertiary/aromatic N) is 2. The minimum Gasteiger partial charge on any atom is -0.370 e. The van der Waals surface area contributed by atoms with Crippen molar-refractivity contribution in [3.8, 4) is 0 Å². The zero-order valence-corrected chi connectivity index (χ0v) is 23.6. The van der Waals surface area contributed by atoms with Crippen LogP contribution in [0.3, 0.4) is 0 Å². The highest BCUT2D eigenvalue weighted by molar-refractivity contribution is 7.80. The van der Waals surface area contributed by atoms with Gasteiger partial charge in [-0.15, -0.1) is 0 Å². The van der Waals surface area contributed by atoms with Crippen LogP contribution in [0.2, 0.25) is 0 Å². The second kappa shape index (κ2) is 14.7. The number of guanidine groups is 1. The Bertz CT molecular complexity index is 1390. The molecule has 3 atom stereocenters. The number of amides is 4. The summed E-state index contributed by atoms with van der Waals surface area (Å²) in [6.45, 7) is 1.61. The molecule has 2 aromatic carbocycles. The summed E-state index contributed by atoms with van der Waals surface area (Å²) < 4.78 is 0. The van der Waals surface area contributed by atoms with Crippen LogP contribution < -0.4 is 32.7 Å². The number of aliphatic imine (C=N–C) groups is 1. The van der Waals surface area contributed by atoms with E-state index in [2.05, 4.69) is 33.2 Å². The number of carbonyl (C=O) groups excluding carboxylic acids is 4. The Hall–Kier alpha value is -4.52. The molecule has 3 aromatic rings. The first-order valence-electron chi connectivity index (χ1n) is 13.1. The molecule has 4 amide bonds. The predicted molar refractivity (Wildman–Crippen MR) is 162 cm³/mol. The van der Waals surface area contributed by atoms with E-state index in [1.54, 1.807) is 36.5 Å². The van der Waals surface area contributed by atoms with Crippen LogP contribution in [0, 0.1) is 0 Å². The topological polar surface area (TPSA) is 202 Å². The molecule has 218 valence electrons. The molecule has 12 nitrogen and oxygen atoms in total. The van der Waals surface area contributed by atoms with E-state index >= 15 is 0 Å². The van der Waals surface area contributed by atoms with Crippen LogP contribution in [-0.4, -0.2) is 65.0 Å². The fraction of sp³-hybridized carbons (Fsp3) is 0.321. The molecule has 1 aromatic heterocycles. The molecule has 9 N–H and O–H groups in total. The van der Waals surface area contributed by atoms with Crippen molar-refractivity contribution in [2.75, 3.05) is 17.2 Å². The molecular weight excluding hydrogens is 544 g/mol. The summed E-state index contributed by atoms with van der Waals surface area (Å²) in [7, 11) is 0. The number of aromatic amines is 1. The maximum Gasteiger partial charge on any atom is 0.243 e. The standard InChI is InChI=1S/C28H36N8O4S/c1-17(37)36(19-8-3-2-4-9-19)24(12-7-13-32-28(30)31)27(40)34-22(26(39)35-23(16-41)25(29)38)14-18-15-33-21-11-6-5-10-20(18)21/h2-6,8-11,15,22-24,33,41H,7,12-14,16H2,1H3,(H2,29,38)(H,34,40)(H,35,39)(H4,30,31,32)/t22-,23-,24-/m0/s1. The number of nitrogens with one attached hydrogen (secondary N) is 3. The van der Waals surface area contributed by atoms with Crippen LogP contribution in [0.1, 0.15) is 25.3 Å². The number of aromatic nitrogens is 1. The third kappa shape index (κ3) is 8.48. The van der Waals surface area contributed by atoms with Crippen molar-refractivity contribution < 1.29 is 19.2 Å². The van der Waals surface area contributed by atoms with E-state index < -0.39 is 35.8 Å². The lowest BCUT2D eigenvalue weighted by Crippen LogP contribution is -2.58. The van der Waals surface area contributed by atoms with Gasteiger partial charge in [0, 0.05) is 48.4 Å². The molecule has 0 radical (unpaired) electrons. The van der Waals surface area contributed by atoms with Crippen LogP contribution in [0.25, 0.3) is 10.9 Å². The molecule has 0 fully saturated rings. The molecule has 41 heavy (non-hydrogen) atoms. The maximum absolute atomic E-state index is 13.9. The molecule has 0 aliphatic carbocycles. The lowest BCUT2D eigenvalue weighted by Gasteiger charge is -2.31. The van der Waals surface area contributed by atoms with Crippen molar-refractivity contribution in [1.29, 1.82) is 0 Å². The molecule has 0 aliphatic rings. The molecule has 0 saturated carbocycles. The van der Waals surface area contributed by atoms with Crippen molar-refractivity contribution in [3.63, 3.8) is 0 Å². The van der Waals surface area contributed by atoms with Crippen LogP contribution >= 0.6 is 12.6 Å². The Labute approximate surface area is 243 Å². The lowest BCUT2D eigenvalue weighted by atomic mass is 10.0. The molecule has 1 heterocycles. The van der Waals surface area contributed by atoms with Gasteiger partial charge in [0.15, 0.2) is 5.96 Å². The van der Waals surface area contributed by atoms with Gasteiger partial charge in [0.1, 0.15) is 18.1 Å². The van der Waals surface area contributed by atoms with Gasteiger partial charge in [-0.2, -0.15) is 12.6 Å². The predicted octanol–water partition coefficient (Wildman–Crippen LogP) is 0.570. The Morgan fingerprint density at radius 2 is 1.61 bits per heavy atom. The number of primary amides is 1. The average molecular weight is 581 g/mol. The highest BCUT2D eigenvalue weighted by Crippen LogP contribution is 2.22. The SMILES string of the molecule is CC(=O)N(c1ccccc1)[C@@H](CCCN=C(N)N)C(=O)N[C@@H](Cc1c[nH]c2ccccc12)C(=O)N[C@@H](CS)C(N)=O. The molecule has 0 bridgehead atoms. The zero-order valence-electron chi connectivity index (χ0n) is 22.7.